The molecule has 26 heavy (non-hydrogen) atoms. The van der Waals surface area contributed by atoms with Crippen LogP contribution in [0.3, 0.4) is 0 Å². The molecule has 0 radical (unpaired) electrons. The lowest BCUT2D eigenvalue weighted by atomic mass is 10.1. The van der Waals surface area contributed by atoms with E-state index in [0.29, 0.717) is 5.69 Å². The number of rotatable bonds is 5. The molecule has 2 aliphatic rings. The highest BCUT2D eigenvalue weighted by Gasteiger charge is 2.33. The minimum atomic E-state index is -0.625. The SMILES string of the molecule is O=C(Nc1cnn(CCc2ccccc2)c1)C1COC2C=CC=CC2O1. The summed E-state index contributed by atoms with van der Waals surface area (Å²) in [6, 6.07) is 10.2. The first-order valence-corrected chi connectivity index (χ1v) is 8.77. The number of aryl methyl sites for hydroxylation is 2. The number of amides is 1. The zero-order valence-electron chi connectivity index (χ0n) is 14.3. The van der Waals surface area contributed by atoms with E-state index in [1.54, 1.807) is 6.20 Å². The largest absolute Gasteiger partial charge is 0.368 e. The van der Waals surface area contributed by atoms with Crippen molar-refractivity contribution in [3.63, 3.8) is 0 Å². The summed E-state index contributed by atoms with van der Waals surface area (Å²) in [5.74, 6) is -0.214. The van der Waals surface area contributed by atoms with Gasteiger partial charge in [-0.15, -0.1) is 0 Å². The molecule has 6 nitrogen and oxygen atoms in total. The zero-order valence-corrected chi connectivity index (χ0v) is 14.3. The van der Waals surface area contributed by atoms with Crippen molar-refractivity contribution in [1.82, 2.24) is 9.78 Å². The Bertz CT molecular complexity index is 813. The van der Waals surface area contributed by atoms with Crippen LogP contribution in [0.1, 0.15) is 5.56 Å². The van der Waals surface area contributed by atoms with Crippen LogP contribution in [0.5, 0.6) is 0 Å². The molecular formula is C20H21N3O3. The van der Waals surface area contributed by atoms with E-state index >= 15 is 0 Å². The molecule has 1 aliphatic heterocycles. The number of aromatic nitrogens is 2. The van der Waals surface area contributed by atoms with Gasteiger partial charge in [-0.25, -0.2) is 0 Å². The first kappa shape index (κ1) is 16.8. The summed E-state index contributed by atoms with van der Waals surface area (Å²) in [7, 11) is 0. The van der Waals surface area contributed by atoms with Crippen LogP contribution < -0.4 is 5.32 Å². The molecule has 1 aliphatic carbocycles. The smallest absolute Gasteiger partial charge is 0.256 e. The second kappa shape index (κ2) is 7.68. The van der Waals surface area contributed by atoms with Gasteiger partial charge in [-0.1, -0.05) is 54.6 Å². The maximum Gasteiger partial charge on any atom is 0.256 e. The molecule has 0 spiro atoms. The molecule has 1 amide bonds. The molecule has 3 unspecified atom stereocenters. The minimum Gasteiger partial charge on any atom is -0.368 e. The van der Waals surface area contributed by atoms with E-state index in [-0.39, 0.29) is 24.7 Å². The average molecular weight is 351 g/mol. The number of nitrogens with one attached hydrogen (secondary N) is 1. The molecule has 0 bridgehead atoms. The molecule has 1 aromatic heterocycles. The van der Waals surface area contributed by atoms with Crippen molar-refractivity contribution >= 4 is 11.6 Å². The maximum absolute atomic E-state index is 12.4. The Hall–Kier alpha value is -2.70. The van der Waals surface area contributed by atoms with Gasteiger partial charge in [-0.3, -0.25) is 9.48 Å². The summed E-state index contributed by atoms with van der Waals surface area (Å²) in [6.07, 6.45) is 11.1. The lowest BCUT2D eigenvalue weighted by Gasteiger charge is -2.34. The van der Waals surface area contributed by atoms with Crippen molar-refractivity contribution in [2.24, 2.45) is 0 Å². The fourth-order valence-corrected chi connectivity index (χ4v) is 3.07. The van der Waals surface area contributed by atoms with Gasteiger partial charge < -0.3 is 14.8 Å². The van der Waals surface area contributed by atoms with Crippen molar-refractivity contribution in [3.8, 4) is 0 Å². The first-order valence-electron chi connectivity index (χ1n) is 8.77. The van der Waals surface area contributed by atoms with Crippen molar-refractivity contribution in [1.29, 1.82) is 0 Å². The molecule has 0 saturated carbocycles. The number of carbonyl (C=O) groups excluding carboxylic acids is 1. The summed E-state index contributed by atoms with van der Waals surface area (Å²) >= 11 is 0. The van der Waals surface area contributed by atoms with Gasteiger partial charge in [0.25, 0.3) is 5.91 Å². The highest BCUT2D eigenvalue weighted by molar-refractivity contribution is 5.94. The van der Waals surface area contributed by atoms with E-state index < -0.39 is 6.10 Å². The van der Waals surface area contributed by atoms with Crippen LogP contribution in [0.25, 0.3) is 0 Å². The van der Waals surface area contributed by atoms with E-state index in [2.05, 4.69) is 22.5 Å². The molecule has 1 aromatic carbocycles. The van der Waals surface area contributed by atoms with Crippen LogP contribution in [0.2, 0.25) is 0 Å². The molecule has 3 atom stereocenters. The van der Waals surface area contributed by atoms with Gasteiger partial charge in [-0.05, 0) is 12.0 Å². The number of benzene rings is 1. The Kier molecular flexibility index (Phi) is 4.95. The van der Waals surface area contributed by atoms with Crippen LogP contribution in [-0.4, -0.2) is 40.6 Å². The molecule has 1 fully saturated rings. The Balaban J connectivity index is 1.30. The molecule has 4 rings (SSSR count). The normalized spacial score (nSPS) is 24.2. The molecule has 1 saturated heterocycles. The van der Waals surface area contributed by atoms with E-state index in [9.17, 15) is 4.79 Å². The van der Waals surface area contributed by atoms with E-state index in [1.165, 1.54) is 5.56 Å². The fraction of sp³-hybridized carbons (Fsp3) is 0.300. The van der Waals surface area contributed by atoms with Crippen LogP contribution in [0.15, 0.2) is 67.0 Å². The summed E-state index contributed by atoms with van der Waals surface area (Å²) < 4.78 is 13.4. The predicted octanol–water partition coefficient (Wildman–Crippen LogP) is 2.34. The topological polar surface area (TPSA) is 65.4 Å². The summed E-state index contributed by atoms with van der Waals surface area (Å²) in [5.41, 5.74) is 1.92. The minimum absolute atomic E-state index is 0.107. The second-order valence-corrected chi connectivity index (χ2v) is 6.37. The number of nitrogens with zero attached hydrogens (tertiary/aromatic N) is 2. The Morgan fingerprint density at radius 3 is 2.85 bits per heavy atom. The van der Waals surface area contributed by atoms with E-state index in [4.69, 9.17) is 9.47 Å². The van der Waals surface area contributed by atoms with Crippen molar-refractivity contribution in [3.05, 3.63) is 72.6 Å². The lowest BCUT2D eigenvalue weighted by Crippen LogP contribution is -2.47. The zero-order chi connectivity index (χ0) is 17.8. The molecule has 1 N–H and O–H groups in total. The Labute approximate surface area is 152 Å². The van der Waals surface area contributed by atoms with Gasteiger partial charge in [0.1, 0.15) is 12.2 Å². The second-order valence-electron chi connectivity index (χ2n) is 6.37. The van der Waals surface area contributed by atoms with E-state index in [0.717, 1.165) is 13.0 Å². The third-order valence-electron chi connectivity index (χ3n) is 4.46. The molecular weight excluding hydrogens is 330 g/mol. The van der Waals surface area contributed by atoms with Gasteiger partial charge in [0.15, 0.2) is 6.10 Å². The number of ether oxygens (including phenoxy) is 2. The summed E-state index contributed by atoms with van der Waals surface area (Å²) in [4.78, 5) is 12.4. The van der Waals surface area contributed by atoms with Crippen LogP contribution in [0.4, 0.5) is 5.69 Å². The van der Waals surface area contributed by atoms with Gasteiger partial charge >= 0.3 is 0 Å². The van der Waals surface area contributed by atoms with Gasteiger partial charge in [0, 0.05) is 12.7 Å². The molecule has 2 heterocycles. The highest BCUT2D eigenvalue weighted by Crippen LogP contribution is 2.21. The fourth-order valence-electron chi connectivity index (χ4n) is 3.07. The monoisotopic (exact) mass is 351 g/mol. The summed E-state index contributed by atoms with van der Waals surface area (Å²) in [5, 5.41) is 7.16. The Morgan fingerprint density at radius 2 is 2.00 bits per heavy atom. The number of hydrogen-bond donors (Lipinski definition) is 1. The van der Waals surface area contributed by atoms with E-state index in [1.807, 2.05) is 53.4 Å². The number of allylic oxidation sites excluding steroid dienone is 2. The number of anilines is 1. The molecule has 2 aromatic rings. The van der Waals surface area contributed by atoms with Crippen LogP contribution >= 0.6 is 0 Å². The third kappa shape index (κ3) is 3.92. The molecule has 134 valence electrons. The Morgan fingerprint density at radius 1 is 1.19 bits per heavy atom. The van der Waals surface area contributed by atoms with Crippen LogP contribution in [-0.2, 0) is 27.2 Å². The van der Waals surface area contributed by atoms with Crippen molar-refractivity contribution < 1.29 is 14.3 Å². The highest BCUT2D eigenvalue weighted by atomic mass is 16.6. The standard InChI is InChI=1S/C20H21N3O3/c24-20(19-14-25-17-8-4-5-9-18(17)26-19)22-16-12-21-23(13-16)11-10-15-6-2-1-3-7-15/h1-9,12-13,17-19H,10-11,14H2,(H,22,24). The van der Waals surface area contributed by atoms with Gasteiger partial charge in [0.2, 0.25) is 0 Å². The van der Waals surface area contributed by atoms with Gasteiger partial charge in [-0.2, -0.15) is 5.10 Å². The quantitative estimate of drug-likeness (QED) is 0.898. The van der Waals surface area contributed by atoms with Crippen molar-refractivity contribution in [2.75, 3.05) is 11.9 Å². The number of carbonyl (C=O) groups is 1. The lowest BCUT2D eigenvalue weighted by molar-refractivity contribution is -0.164. The third-order valence-corrected chi connectivity index (χ3v) is 4.46. The maximum atomic E-state index is 12.4. The summed E-state index contributed by atoms with van der Waals surface area (Å²) in [6.45, 7) is 0.997. The van der Waals surface area contributed by atoms with Gasteiger partial charge in [0.05, 0.1) is 18.5 Å². The first-order chi connectivity index (χ1) is 12.8. The molecule has 6 heteroatoms. The predicted molar refractivity (Wildman–Crippen MR) is 97.7 cm³/mol. The van der Waals surface area contributed by atoms with Crippen LogP contribution in [0, 0.1) is 0 Å². The van der Waals surface area contributed by atoms with Crippen molar-refractivity contribution in [2.45, 2.75) is 31.3 Å². The average Bonchev–Trinajstić information content (AvgIpc) is 3.14. The number of hydrogen-bond acceptors (Lipinski definition) is 4. The number of fused-ring (bicyclic) bond motifs is 1.